The first kappa shape index (κ1) is 13.9. The second-order valence-electron chi connectivity index (χ2n) is 3.78. The summed E-state index contributed by atoms with van der Waals surface area (Å²) in [6.45, 7) is 0.0402. The summed E-state index contributed by atoms with van der Waals surface area (Å²) in [5.41, 5.74) is -0.113. The molecule has 0 N–H and O–H groups in total. The molecule has 1 aromatic carbocycles. The molecule has 0 radical (unpaired) electrons. The zero-order valence-electron chi connectivity index (χ0n) is 9.62. The molecule has 19 heavy (non-hydrogen) atoms. The van der Waals surface area contributed by atoms with Crippen LogP contribution in [0.4, 0.5) is 13.2 Å². The minimum Gasteiger partial charge on any atom is -0.472 e. The Labute approximate surface area is 116 Å². The minimum atomic E-state index is -4.50. The Morgan fingerprint density at radius 2 is 1.84 bits per heavy atom. The highest BCUT2D eigenvalue weighted by atomic mass is 79.9. The number of halogens is 4. The van der Waals surface area contributed by atoms with Crippen LogP contribution in [0.2, 0.25) is 0 Å². The lowest BCUT2D eigenvalue weighted by molar-refractivity contribution is -0.139. The van der Waals surface area contributed by atoms with Crippen LogP contribution in [-0.4, -0.2) is 4.98 Å². The number of nitrogens with zero attached hydrogens (tertiary/aromatic N) is 1. The monoisotopic (exact) mass is 331 g/mol. The third kappa shape index (κ3) is 3.70. The molecule has 1 aromatic heterocycles. The standard InChI is InChI=1S/C13H9BrF3NO/c14-10-6-11(13(15,16)17)12(18-7-10)19-8-9-4-2-1-3-5-9/h1-7H,8H2. The lowest BCUT2D eigenvalue weighted by atomic mass is 10.2. The van der Waals surface area contributed by atoms with E-state index in [9.17, 15) is 13.2 Å². The van der Waals surface area contributed by atoms with Gasteiger partial charge in [0.2, 0.25) is 5.88 Å². The lowest BCUT2D eigenvalue weighted by Crippen LogP contribution is -2.10. The van der Waals surface area contributed by atoms with Crippen molar-refractivity contribution in [2.75, 3.05) is 0 Å². The summed E-state index contributed by atoms with van der Waals surface area (Å²) in [7, 11) is 0. The summed E-state index contributed by atoms with van der Waals surface area (Å²) in [5, 5.41) is 0. The molecule has 2 nitrogen and oxygen atoms in total. The Morgan fingerprint density at radius 1 is 1.16 bits per heavy atom. The van der Waals surface area contributed by atoms with E-state index < -0.39 is 17.6 Å². The van der Waals surface area contributed by atoms with Crippen molar-refractivity contribution >= 4 is 15.9 Å². The van der Waals surface area contributed by atoms with E-state index in [1.54, 1.807) is 24.3 Å². The molecule has 100 valence electrons. The van der Waals surface area contributed by atoms with Crippen molar-refractivity contribution < 1.29 is 17.9 Å². The Morgan fingerprint density at radius 3 is 2.47 bits per heavy atom. The van der Waals surface area contributed by atoms with Crippen molar-refractivity contribution in [3.8, 4) is 5.88 Å². The summed E-state index contributed by atoms with van der Waals surface area (Å²) in [6, 6.07) is 9.89. The van der Waals surface area contributed by atoms with E-state index in [1.165, 1.54) is 6.20 Å². The lowest BCUT2D eigenvalue weighted by Gasteiger charge is -2.13. The van der Waals surface area contributed by atoms with Gasteiger partial charge in [0.25, 0.3) is 0 Å². The van der Waals surface area contributed by atoms with Crippen molar-refractivity contribution in [3.63, 3.8) is 0 Å². The molecular formula is C13H9BrF3NO. The van der Waals surface area contributed by atoms with Gasteiger partial charge in [0.05, 0.1) is 0 Å². The third-order valence-electron chi connectivity index (χ3n) is 2.34. The number of alkyl halides is 3. The van der Waals surface area contributed by atoms with E-state index in [2.05, 4.69) is 20.9 Å². The van der Waals surface area contributed by atoms with E-state index in [1.807, 2.05) is 6.07 Å². The molecule has 0 bridgehead atoms. The molecule has 0 saturated heterocycles. The van der Waals surface area contributed by atoms with Crippen molar-refractivity contribution in [2.45, 2.75) is 12.8 Å². The highest BCUT2D eigenvalue weighted by molar-refractivity contribution is 9.10. The Bertz CT molecular complexity index is 558. The Balaban J connectivity index is 2.21. The zero-order chi connectivity index (χ0) is 13.9. The number of hydrogen-bond donors (Lipinski definition) is 0. The van der Waals surface area contributed by atoms with E-state index in [0.29, 0.717) is 0 Å². The van der Waals surface area contributed by atoms with Gasteiger partial charge in [-0.05, 0) is 27.6 Å². The highest BCUT2D eigenvalue weighted by Gasteiger charge is 2.35. The number of rotatable bonds is 3. The number of benzene rings is 1. The van der Waals surface area contributed by atoms with Crippen molar-refractivity contribution in [1.29, 1.82) is 0 Å². The largest absolute Gasteiger partial charge is 0.472 e. The Kier molecular flexibility index (Phi) is 4.09. The molecule has 0 atom stereocenters. The van der Waals surface area contributed by atoms with Gasteiger partial charge in [0.15, 0.2) is 0 Å². The van der Waals surface area contributed by atoms with Gasteiger partial charge < -0.3 is 4.74 Å². The van der Waals surface area contributed by atoms with Gasteiger partial charge in [-0.25, -0.2) is 4.98 Å². The summed E-state index contributed by atoms with van der Waals surface area (Å²) >= 11 is 2.97. The van der Waals surface area contributed by atoms with Gasteiger partial charge in [0.1, 0.15) is 12.2 Å². The number of hydrogen-bond acceptors (Lipinski definition) is 2. The maximum Gasteiger partial charge on any atom is 0.421 e. The predicted molar refractivity (Wildman–Crippen MR) is 67.7 cm³/mol. The second kappa shape index (κ2) is 5.61. The van der Waals surface area contributed by atoms with E-state index in [-0.39, 0.29) is 11.1 Å². The fourth-order valence-corrected chi connectivity index (χ4v) is 1.80. The summed E-state index contributed by atoms with van der Waals surface area (Å²) in [6.07, 6.45) is -3.22. The molecule has 0 spiro atoms. The number of ether oxygens (including phenoxy) is 1. The van der Waals surface area contributed by atoms with Gasteiger partial charge in [-0.3, -0.25) is 0 Å². The van der Waals surface area contributed by atoms with E-state index in [0.717, 1.165) is 11.6 Å². The molecule has 0 unspecified atom stereocenters. The maximum absolute atomic E-state index is 12.8. The van der Waals surface area contributed by atoms with Crippen LogP contribution < -0.4 is 4.74 Å². The fourth-order valence-electron chi connectivity index (χ4n) is 1.47. The van der Waals surface area contributed by atoms with Gasteiger partial charge >= 0.3 is 6.18 Å². The van der Waals surface area contributed by atoms with Crippen molar-refractivity contribution in [1.82, 2.24) is 4.98 Å². The fraction of sp³-hybridized carbons (Fsp3) is 0.154. The molecule has 0 aliphatic carbocycles. The van der Waals surface area contributed by atoms with E-state index >= 15 is 0 Å². The SMILES string of the molecule is FC(F)(F)c1cc(Br)cnc1OCc1ccccc1. The molecule has 0 aliphatic heterocycles. The smallest absolute Gasteiger partial charge is 0.421 e. The first-order valence-electron chi connectivity index (χ1n) is 5.36. The maximum atomic E-state index is 12.8. The summed E-state index contributed by atoms with van der Waals surface area (Å²) in [5.74, 6) is -0.417. The van der Waals surface area contributed by atoms with Crippen LogP contribution in [0.25, 0.3) is 0 Å². The molecule has 2 rings (SSSR count). The van der Waals surface area contributed by atoms with Crippen LogP contribution >= 0.6 is 15.9 Å². The normalized spacial score (nSPS) is 11.4. The van der Waals surface area contributed by atoms with Crippen LogP contribution in [0.1, 0.15) is 11.1 Å². The number of pyridine rings is 1. The molecule has 0 fully saturated rings. The molecule has 0 amide bonds. The van der Waals surface area contributed by atoms with Crippen LogP contribution in [-0.2, 0) is 12.8 Å². The zero-order valence-corrected chi connectivity index (χ0v) is 11.2. The second-order valence-corrected chi connectivity index (χ2v) is 4.69. The molecule has 1 heterocycles. The van der Waals surface area contributed by atoms with Gasteiger partial charge in [-0.15, -0.1) is 0 Å². The van der Waals surface area contributed by atoms with Crippen LogP contribution in [0.5, 0.6) is 5.88 Å². The quantitative estimate of drug-likeness (QED) is 0.829. The topological polar surface area (TPSA) is 22.1 Å². The van der Waals surface area contributed by atoms with Gasteiger partial charge in [-0.1, -0.05) is 30.3 Å². The van der Waals surface area contributed by atoms with Crippen molar-refractivity contribution in [2.24, 2.45) is 0 Å². The minimum absolute atomic E-state index is 0.0402. The molecule has 0 aliphatic rings. The first-order valence-corrected chi connectivity index (χ1v) is 6.15. The predicted octanol–water partition coefficient (Wildman–Crippen LogP) is 4.44. The molecule has 0 saturated carbocycles. The number of aromatic nitrogens is 1. The summed E-state index contributed by atoms with van der Waals surface area (Å²) in [4.78, 5) is 3.67. The van der Waals surface area contributed by atoms with Crippen LogP contribution in [0.15, 0.2) is 47.1 Å². The average molecular weight is 332 g/mol. The van der Waals surface area contributed by atoms with E-state index in [4.69, 9.17) is 4.74 Å². The highest BCUT2D eigenvalue weighted by Crippen LogP contribution is 2.36. The average Bonchev–Trinajstić information content (AvgIpc) is 2.37. The van der Waals surface area contributed by atoms with Gasteiger partial charge in [-0.2, -0.15) is 13.2 Å². The third-order valence-corrected chi connectivity index (χ3v) is 2.78. The molecular weight excluding hydrogens is 323 g/mol. The Hall–Kier alpha value is -1.56. The first-order chi connectivity index (χ1) is 8.97. The van der Waals surface area contributed by atoms with Gasteiger partial charge in [0, 0.05) is 10.7 Å². The summed E-state index contributed by atoms with van der Waals surface area (Å²) < 4.78 is 43.8. The molecule has 2 aromatic rings. The van der Waals surface area contributed by atoms with Crippen LogP contribution in [0, 0.1) is 0 Å². The van der Waals surface area contributed by atoms with Crippen LogP contribution in [0.3, 0.4) is 0 Å². The van der Waals surface area contributed by atoms with Crippen molar-refractivity contribution in [3.05, 3.63) is 58.2 Å². The molecule has 6 heteroatoms.